The number of halogens is 3. The normalized spacial score (nSPS) is 20.1. The molecule has 2 atom stereocenters. The van der Waals surface area contributed by atoms with Crippen molar-refractivity contribution >= 4 is 11.8 Å². The van der Waals surface area contributed by atoms with Gasteiger partial charge in [-0.05, 0) is 55.9 Å². The first-order valence-corrected chi connectivity index (χ1v) is 11.1. The summed E-state index contributed by atoms with van der Waals surface area (Å²) in [6.07, 6.45) is -0.504. The van der Waals surface area contributed by atoms with Crippen LogP contribution in [0.2, 0.25) is 0 Å². The van der Waals surface area contributed by atoms with Gasteiger partial charge in [-0.25, -0.2) is 0 Å². The summed E-state index contributed by atoms with van der Waals surface area (Å²) in [5, 5.41) is 2.97. The molecule has 2 aromatic rings. The Morgan fingerprint density at radius 1 is 1.19 bits per heavy atom. The highest BCUT2D eigenvalue weighted by molar-refractivity contribution is 5.91. The summed E-state index contributed by atoms with van der Waals surface area (Å²) < 4.78 is 44.5. The summed E-state index contributed by atoms with van der Waals surface area (Å²) in [4.78, 5) is 27.2. The molecule has 0 spiro atoms. The average Bonchev–Trinajstić information content (AvgIpc) is 3.49. The van der Waals surface area contributed by atoms with Gasteiger partial charge in [0.1, 0.15) is 5.76 Å². The SMILES string of the molecule is CC(Cc1cccc(C(F)(F)F)c1)C(=O)NC1CCCN(C(=O)c2ccc(C3CC3)o2)C1. The quantitative estimate of drug-likeness (QED) is 0.692. The van der Waals surface area contributed by atoms with Gasteiger partial charge in [0.05, 0.1) is 5.56 Å². The molecule has 2 aliphatic rings. The standard InChI is InChI=1S/C24H27F3N2O3/c1-15(12-16-4-2-5-18(13-16)24(25,26)27)22(30)28-19-6-3-11-29(14-19)23(31)21-10-9-20(32-21)17-7-8-17/h2,4-5,9-10,13,15,17,19H,3,6-8,11-12,14H2,1H3,(H,28,30). The molecule has 2 heterocycles. The van der Waals surface area contributed by atoms with E-state index in [1.807, 2.05) is 6.07 Å². The van der Waals surface area contributed by atoms with Crippen LogP contribution >= 0.6 is 0 Å². The van der Waals surface area contributed by atoms with E-state index >= 15 is 0 Å². The van der Waals surface area contributed by atoms with Crippen LogP contribution in [-0.4, -0.2) is 35.8 Å². The number of nitrogens with zero attached hydrogens (tertiary/aromatic N) is 1. The van der Waals surface area contributed by atoms with Crippen molar-refractivity contribution in [3.63, 3.8) is 0 Å². The van der Waals surface area contributed by atoms with Gasteiger partial charge in [0.2, 0.25) is 5.91 Å². The van der Waals surface area contributed by atoms with Crippen LogP contribution in [0.1, 0.15) is 66.0 Å². The van der Waals surface area contributed by atoms with E-state index in [1.165, 1.54) is 6.07 Å². The van der Waals surface area contributed by atoms with E-state index in [-0.39, 0.29) is 24.3 Å². The van der Waals surface area contributed by atoms with E-state index in [4.69, 9.17) is 4.42 Å². The Kier molecular flexibility index (Phi) is 6.31. The number of carbonyl (C=O) groups is 2. The summed E-state index contributed by atoms with van der Waals surface area (Å²) in [7, 11) is 0. The molecule has 0 bridgehead atoms. The lowest BCUT2D eigenvalue weighted by Crippen LogP contribution is -2.50. The van der Waals surface area contributed by atoms with Gasteiger partial charge in [-0.15, -0.1) is 0 Å². The molecular formula is C24H27F3N2O3. The highest BCUT2D eigenvalue weighted by Crippen LogP contribution is 2.40. The second-order valence-electron chi connectivity index (χ2n) is 8.88. The summed E-state index contributed by atoms with van der Waals surface area (Å²) >= 11 is 0. The molecule has 4 rings (SSSR count). The van der Waals surface area contributed by atoms with Gasteiger partial charge in [0, 0.05) is 31.0 Å². The van der Waals surface area contributed by atoms with Gasteiger partial charge in [0.15, 0.2) is 5.76 Å². The van der Waals surface area contributed by atoms with Crippen molar-refractivity contribution < 1.29 is 27.2 Å². The number of hydrogen-bond donors (Lipinski definition) is 1. The third-order valence-electron chi connectivity index (χ3n) is 6.12. The van der Waals surface area contributed by atoms with Crippen LogP contribution in [0.3, 0.4) is 0 Å². The maximum Gasteiger partial charge on any atom is 0.416 e. The number of likely N-dealkylation sites (tertiary alicyclic amines) is 1. The molecule has 2 fully saturated rings. The summed E-state index contributed by atoms with van der Waals surface area (Å²) in [5.41, 5.74) is -0.251. The van der Waals surface area contributed by atoms with Gasteiger partial charge in [-0.3, -0.25) is 9.59 Å². The third kappa shape index (κ3) is 5.34. The smallest absolute Gasteiger partial charge is 0.416 e. The average molecular weight is 448 g/mol. The molecule has 2 amide bonds. The fraction of sp³-hybridized carbons (Fsp3) is 0.500. The second-order valence-corrected chi connectivity index (χ2v) is 8.88. The third-order valence-corrected chi connectivity index (χ3v) is 6.12. The highest BCUT2D eigenvalue weighted by Gasteiger charge is 2.32. The minimum absolute atomic E-state index is 0.173. The van der Waals surface area contributed by atoms with Crippen molar-refractivity contribution in [2.75, 3.05) is 13.1 Å². The predicted molar refractivity (Wildman–Crippen MR) is 112 cm³/mol. The number of hydrogen-bond acceptors (Lipinski definition) is 3. The number of rotatable bonds is 6. The van der Waals surface area contributed by atoms with Crippen LogP contribution in [0.25, 0.3) is 0 Å². The van der Waals surface area contributed by atoms with Gasteiger partial charge < -0.3 is 14.6 Å². The fourth-order valence-electron chi connectivity index (χ4n) is 4.15. The highest BCUT2D eigenvalue weighted by atomic mass is 19.4. The number of amides is 2. The minimum Gasteiger partial charge on any atom is -0.456 e. The lowest BCUT2D eigenvalue weighted by atomic mass is 9.97. The number of alkyl halides is 3. The van der Waals surface area contributed by atoms with Crippen molar-refractivity contribution in [3.05, 3.63) is 59.0 Å². The van der Waals surface area contributed by atoms with E-state index < -0.39 is 17.7 Å². The van der Waals surface area contributed by atoms with E-state index in [1.54, 1.807) is 24.0 Å². The first-order valence-electron chi connectivity index (χ1n) is 11.1. The van der Waals surface area contributed by atoms with E-state index in [0.717, 1.165) is 43.6 Å². The Bertz CT molecular complexity index is 981. The first-order chi connectivity index (χ1) is 15.2. The Morgan fingerprint density at radius 2 is 1.97 bits per heavy atom. The molecule has 1 aromatic carbocycles. The van der Waals surface area contributed by atoms with Gasteiger partial charge in [-0.2, -0.15) is 13.2 Å². The number of furan rings is 1. The second kappa shape index (κ2) is 9.00. The maximum absolute atomic E-state index is 12.9. The van der Waals surface area contributed by atoms with E-state index in [0.29, 0.717) is 30.3 Å². The van der Waals surface area contributed by atoms with Crippen LogP contribution in [0.5, 0.6) is 0 Å². The predicted octanol–water partition coefficient (Wildman–Crippen LogP) is 4.78. The Balaban J connectivity index is 1.32. The molecule has 2 unspecified atom stereocenters. The van der Waals surface area contributed by atoms with Crippen LogP contribution in [0.15, 0.2) is 40.8 Å². The van der Waals surface area contributed by atoms with Gasteiger partial charge in [0.25, 0.3) is 5.91 Å². The Labute approximate surface area is 185 Å². The molecule has 1 aliphatic heterocycles. The van der Waals surface area contributed by atoms with Crippen LogP contribution in [0, 0.1) is 5.92 Å². The number of nitrogens with one attached hydrogen (secondary N) is 1. The molecule has 5 nitrogen and oxygen atoms in total. The van der Waals surface area contributed by atoms with Crippen molar-refractivity contribution in [2.24, 2.45) is 5.92 Å². The van der Waals surface area contributed by atoms with Crippen molar-refractivity contribution in [1.82, 2.24) is 10.2 Å². The van der Waals surface area contributed by atoms with Crippen molar-refractivity contribution in [2.45, 2.75) is 57.2 Å². The molecular weight excluding hydrogens is 421 g/mol. The number of piperidine rings is 1. The molecule has 1 N–H and O–H groups in total. The van der Waals surface area contributed by atoms with Crippen molar-refractivity contribution in [3.8, 4) is 0 Å². The van der Waals surface area contributed by atoms with E-state index in [2.05, 4.69) is 5.32 Å². The molecule has 1 aromatic heterocycles. The molecule has 32 heavy (non-hydrogen) atoms. The number of carbonyl (C=O) groups excluding carboxylic acids is 2. The zero-order valence-electron chi connectivity index (χ0n) is 18.0. The van der Waals surface area contributed by atoms with Gasteiger partial charge >= 0.3 is 6.18 Å². The lowest BCUT2D eigenvalue weighted by molar-refractivity contribution is -0.137. The largest absolute Gasteiger partial charge is 0.456 e. The molecule has 1 saturated heterocycles. The van der Waals surface area contributed by atoms with Gasteiger partial charge in [-0.1, -0.05) is 25.1 Å². The molecule has 172 valence electrons. The maximum atomic E-state index is 12.9. The lowest BCUT2D eigenvalue weighted by Gasteiger charge is -2.33. The van der Waals surface area contributed by atoms with Crippen LogP contribution in [-0.2, 0) is 17.4 Å². The van der Waals surface area contributed by atoms with E-state index in [9.17, 15) is 22.8 Å². The molecule has 1 aliphatic carbocycles. The molecule has 0 radical (unpaired) electrons. The Hall–Kier alpha value is -2.77. The monoisotopic (exact) mass is 448 g/mol. The summed E-state index contributed by atoms with van der Waals surface area (Å²) in [5.74, 6) is 0.734. The van der Waals surface area contributed by atoms with Crippen LogP contribution in [0.4, 0.5) is 13.2 Å². The molecule has 8 heteroatoms. The topological polar surface area (TPSA) is 62.6 Å². The minimum atomic E-state index is -4.41. The summed E-state index contributed by atoms with van der Waals surface area (Å²) in [6, 6.07) is 8.45. The Morgan fingerprint density at radius 3 is 2.69 bits per heavy atom. The van der Waals surface area contributed by atoms with Crippen LogP contribution < -0.4 is 5.32 Å². The summed E-state index contributed by atoms with van der Waals surface area (Å²) in [6.45, 7) is 2.69. The first kappa shape index (κ1) is 22.4. The zero-order chi connectivity index (χ0) is 22.9. The zero-order valence-corrected chi connectivity index (χ0v) is 18.0. The molecule has 1 saturated carbocycles. The fourth-order valence-corrected chi connectivity index (χ4v) is 4.15. The number of benzene rings is 1. The van der Waals surface area contributed by atoms with Crippen molar-refractivity contribution in [1.29, 1.82) is 0 Å².